The van der Waals surface area contributed by atoms with Gasteiger partial charge in [-0.15, -0.1) is 0 Å². The monoisotopic (exact) mass is 396 g/mol. The van der Waals surface area contributed by atoms with E-state index >= 15 is 0 Å². The minimum atomic E-state index is -3.29. The standard InChI is InChI=1S/C17H21O7PSi/c1-14(18)23-26(2,3)17(24-25(19)20,21-15-10-6-4-7-11-15)22-16-12-8-5-9-13-16/h4-13,19-20H,1-3H3. The molecular formula is C17H21O7PSi. The first-order valence-electron chi connectivity index (χ1n) is 7.79. The Morgan fingerprint density at radius 3 is 1.69 bits per heavy atom. The van der Waals surface area contributed by atoms with Crippen LogP contribution in [0.5, 0.6) is 11.5 Å². The number of hydrogen-bond donors (Lipinski definition) is 2. The fraction of sp³-hybridized carbons (Fsp3) is 0.235. The zero-order valence-corrected chi connectivity index (χ0v) is 16.6. The fourth-order valence-corrected chi connectivity index (χ4v) is 5.22. The summed E-state index contributed by atoms with van der Waals surface area (Å²) in [7, 11) is -6.17. The van der Waals surface area contributed by atoms with Crippen molar-refractivity contribution in [1.29, 1.82) is 0 Å². The molecule has 0 saturated heterocycles. The third-order valence-electron chi connectivity index (χ3n) is 3.33. The lowest BCUT2D eigenvalue weighted by atomic mass is 10.3. The highest BCUT2D eigenvalue weighted by Crippen LogP contribution is 2.41. The highest BCUT2D eigenvalue weighted by molar-refractivity contribution is 7.39. The van der Waals surface area contributed by atoms with E-state index in [2.05, 4.69) is 0 Å². The summed E-state index contributed by atoms with van der Waals surface area (Å²) in [4.78, 5) is 30.7. The summed E-state index contributed by atoms with van der Waals surface area (Å²) >= 11 is 0. The summed E-state index contributed by atoms with van der Waals surface area (Å²) in [5, 5.41) is 0. The normalized spacial score (nSPS) is 11.9. The second kappa shape index (κ2) is 8.61. The average molecular weight is 396 g/mol. The van der Waals surface area contributed by atoms with E-state index in [4.69, 9.17) is 18.4 Å². The molecule has 0 aliphatic rings. The van der Waals surface area contributed by atoms with Crippen LogP contribution in [0.4, 0.5) is 0 Å². The Kier molecular flexibility index (Phi) is 6.74. The molecule has 0 aliphatic heterocycles. The maximum atomic E-state index is 11.6. The SMILES string of the molecule is CC(=O)O[Si](C)(C)C(Oc1ccccc1)(Oc1ccccc1)OP(O)O. The molecule has 9 heteroatoms. The van der Waals surface area contributed by atoms with Gasteiger partial charge in [0.15, 0.2) is 0 Å². The van der Waals surface area contributed by atoms with Crippen LogP contribution in [0.15, 0.2) is 60.7 Å². The Balaban J connectivity index is 2.51. The molecule has 26 heavy (non-hydrogen) atoms. The van der Waals surface area contributed by atoms with Crippen molar-refractivity contribution in [2.45, 2.75) is 25.6 Å². The van der Waals surface area contributed by atoms with Gasteiger partial charge < -0.3 is 23.7 Å². The number of carbonyl (C=O) groups excluding carboxylic acids is 1. The van der Waals surface area contributed by atoms with Crippen LogP contribution >= 0.6 is 8.60 Å². The molecule has 2 aromatic rings. The van der Waals surface area contributed by atoms with Gasteiger partial charge in [0.05, 0.1) is 0 Å². The first kappa shape index (κ1) is 20.4. The van der Waals surface area contributed by atoms with Gasteiger partial charge in [-0.05, 0) is 37.4 Å². The first-order chi connectivity index (χ1) is 12.2. The molecule has 0 spiro atoms. The lowest BCUT2D eigenvalue weighted by molar-refractivity contribution is -0.207. The highest BCUT2D eigenvalue weighted by atomic mass is 31.2. The van der Waals surface area contributed by atoms with Gasteiger partial charge >= 0.3 is 22.5 Å². The molecule has 2 rings (SSSR count). The van der Waals surface area contributed by atoms with E-state index in [1.165, 1.54) is 6.92 Å². The molecule has 0 amide bonds. The number of ether oxygens (including phenoxy) is 2. The minimum Gasteiger partial charge on any atom is -0.507 e. The molecule has 0 atom stereocenters. The second-order valence-electron chi connectivity index (χ2n) is 5.83. The molecule has 2 aromatic carbocycles. The fourth-order valence-electron chi connectivity index (χ4n) is 2.23. The molecule has 0 heterocycles. The van der Waals surface area contributed by atoms with Crippen LogP contribution in [0.2, 0.25) is 13.1 Å². The lowest BCUT2D eigenvalue weighted by Crippen LogP contribution is -2.65. The van der Waals surface area contributed by atoms with Crippen LogP contribution < -0.4 is 9.47 Å². The van der Waals surface area contributed by atoms with Gasteiger partial charge in [-0.25, -0.2) is 4.52 Å². The van der Waals surface area contributed by atoms with E-state index < -0.39 is 28.5 Å². The summed E-state index contributed by atoms with van der Waals surface area (Å²) in [5.41, 5.74) is -2.02. The van der Waals surface area contributed by atoms with Crippen LogP contribution in [0, 0.1) is 0 Å². The Hall–Kier alpha value is -1.96. The summed E-state index contributed by atoms with van der Waals surface area (Å²) in [5.74, 6) is 0.157. The largest absolute Gasteiger partial charge is 0.507 e. The van der Waals surface area contributed by atoms with E-state index in [0.29, 0.717) is 11.5 Å². The third kappa shape index (κ3) is 5.27. The van der Waals surface area contributed by atoms with Crippen molar-refractivity contribution in [2.24, 2.45) is 0 Å². The molecule has 0 bridgehead atoms. The van der Waals surface area contributed by atoms with Crippen molar-refractivity contribution in [2.75, 3.05) is 0 Å². The molecule has 0 saturated carbocycles. The van der Waals surface area contributed by atoms with Crippen LogP contribution in [0.25, 0.3) is 0 Å². The van der Waals surface area contributed by atoms with Crippen molar-refractivity contribution in [3.8, 4) is 11.5 Å². The van der Waals surface area contributed by atoms with Gasteiger partial charge in [0, 0.05) is 6.92 Å². The Labute approximate surface area is 154 Å². The zero-order chi connectivity index (χ0) is 19.2. The van der Waals surface area contributed by atoms with Gasteiger partial charge in [-0.1, -0.05) is 36.4 Å². The Morgan fingerprint density at radius 2 is 1.35 bits per heavy atom. The first-order valence-corrected chi connectivity index (χ1v) is 11.9. The van der Waals surface area contributed by atoms with E-state index in [1.807, 2.05) is 0 Å². The molecule has 0 unspecified atom stereocenters. The maximum Gasteiger partial charge on any atom is 0.388 e. The quantitative estimate of drug-likeness (QED) is 0.401. The zero-order valence-electron chi connectivity index (χ0n) is 14.7. The molecule has 0 radical (unpaired) electrons. The predicted octanol–water partition coefficient (Wildman–Crippen LogP) is 3.33. The molecule has 0 fully saturated rings. The minimum absolute atomic E-state index is 0.355. The van der Waals surface area contributed by atoms with Crippen molar-refractivity contribution >= 4 is 22.9 Å². The van der Waals surface area contributed by atoms with Gasteiger partial charge in [-0.2, -0.15) is 0 Å². The highest BCUT2D eigenvalue weighted by Gasteiger charge is 2.60. The van der Waals surface area contributed by atoms with Crippen molar-refractivity contribution < 1.29 is 33.0 Å². The van der Waals surface area contributed by atoms with Crippen molar-refractivity contribution in [3.63, 3.8) is 0 Å². The number of carbonyl (C=O) groups is 1. The van der Waals surface area contributed by atoms with Crippen LogP contribution in [-0.2, 0) is 13.7 Å². The molecular weight excluding hydrogens is 375 g/mol. The summed E-state index contributed by atoms with van der Waals surface area (Å²) in [6, 6.07) is 17.2. The maximum absolute atomic E-state index is 11.6. The average Bonchev–Trinajstić information content (AvgIpc) is 2.54. The summed E-state index contributed by atoms with van der Waals surface area (Å²) < 4.78 is 22.6. The van der Waals surface area contributed by atoms with Gasteiger partial charge in [0.1, 0.15) is 11.5 Å². The van der Waals surface area contributed by atoms with Gasteiger partial charge in [0.25, 0.3) is 5.97 Å². The smallest absolute Gasteiger partial charge is 0.388 e. The van der Waals surface area contributed by atoms with E-state index in [9.17, 15) is 14.6 Å². The topological polar surface area (TPSA) is 94.5 Å². The van der Waals surface area contributed by atoms with Crippen LogP contribution in [0.3, 0.4) is 0 Å². The van der Waals surface area contributed by atoms with Crippen LogP contribution in [-0.4, -0.2) is 29.7 Å². The van der Waals surface area contributed by atoms with Gasteiger partial charge in [0.2, 0.25) is 0 Å². The number of hydrogen-bond acceptors (Lipinski definition) is 7. The third-order valence-corrected chi connectivity index (χ3v) is 6.48. The second-order valence-corrected chi connectivity index (χ2v) is 10.4. The van der Waals surface area contributed by atoms with E-state index in [0.717, 1.165) is 0 Å². The van der Waals surface area contributed by atoms with Crippen molar-refractivity contribution in [1.82, 2.24) is 0 Å². The van der Waals surface area contributed by atoms with Crippen LogP contribution in [0.1, 0.15) is 6.92 Å². The number of rotatable bonds is 8. The number of para-hydroxylation sites is 2. The van der Waals surface area contributed by atoms with E-state index in [1.54, 1.807) is 73.8 Å². The predicted molar refractivity (Wildman–Crippen MR) is 98.6 cm³/mol. The molecule has 2 N–H and O–H groups in total. The lowest BCUT2D eigenvalue weighted by Gasteiger charge is -2.41. The summed E-state index contributed by atoms with van der Waals surface area (Å²) in [6.07, 6.45) is 0. The number of benzene rings is 2. The van der Waals surface area contributed by atoms with Gasteiger partial charge in [-0.3, -0.25) is 4.79 Å². The molecule has 140 valence electrons. The molecule has 7 nitrogen and oxygen atoms in total. The molecule has 0 aromatic heterocycles. The Bertz CT molecular complexity index is 668. The van der Waals surface area contributed by atoms with E-state index in [-0.39, 0.29) is 0 Å². The Morgan fingerprint density at radius 1 is 0.923 bits per heavy atom. The summed E-state index contributed by atoms with van der Waals surface area (Å²) in [6.45, 7) is 4.50. The van der Waals surface area contributed by atoms with Crippen molar-refractivity contribution in [3.05, 3.63) is 60.7 Å². The molecule has 0 aliphatic carbocycles.